The molecule has 20 heavy (non-hydrogen) atoms. The van der Waals surface area contributed by atoms with Crippen LogP contribution in [-0.2, 0) is 6.54 Å². The minimum atomic E-state index is 0.675. The first-order chi connectivity index (χ1) is 9.79. The molecule has 1 aliphatic rings. The summed E-state index contributed by atoms with van der Waals surface area (Å²) in [6.45, 7) is 4.54. The van der Waals surface area contributed by atoms with Crippen LogP contribution in [-0.4, -0.2) is 36.2 Å². The number of aromatic nitrogens is 1. The number of guanidine groups is 1. The molecule has 1 atom stereocenters. The fourth-order valence-corrected chi connectivity index (χ4v) is 2.34. The topological polar surface area (TPSA) is 53.7 Å². The van der Waals surface area contributed by atoms with Gasteiger partial charge in [-0.05, 0) is 32.1 Å². The van der Waals surface area contributed by atoms with Crippen LogP contribution in [0.5, 0.6) is 0 Å². The zero-order valence-electron chi connectivity index (χ0n) is 12.4. The van der Waals surface area contributed by atoms with E-state index in [-0.39, 0.29) is 0 Å². The lowest BCUT2D eigenvalue weighted by Gasteiger charge is -2.22. The third-order valence-electron chi connectivity index (χ3n) is 3.46. The lowest BCUT2D eigenvalue weighted by atomic mass is 9.95. The van der Waals surface area contributed by atoms with Crippen LogP contribution in [0.25, 0.3) is 0 Å². The lowest BCUT2D eigenvalue weighted by Crippen LogP contribution is -2.39. The van der Waals surface area contributed by atoms with Crippen LogP contribution in [0, 0.1) is 5.92 Å². The molecule has 5 heteroatoms. The molecule has 0 bridgehead atoms. The van der Waals surface area contributed by atoms with Crippen LogP contribution in [0.3, 0.4) is 0 Å². The molecule has 5 nitrogen and oxygen atoms in total. The number of nitrogens with zero attached hydrogens (tertiary/aromatic N) is 3. The van der Waals surface area contributed by atoms with Gasteiger partial charge < -0.3 is 14.7 Å². The minimum Gasteiger partial charge on any atom is -0.364 e. The molecular weight excluding hydrogens is 252 g/mol. The van der Waals surface area contributed by atoms with Crippen LogP contribution in [0.15, 0.2) is 34.0 Å². The van der Waals surface area contributed by atoms with Gasteiger partial charge in [-0.1, -0.05) is 17.3 Å². The summed E-state index contributed by atoms with van der Waals surface area (Å²) in [7, 11) is 2.02. The second kappa shape index (κ2) is 7.72. The normalized spacial score (nSPS) is 19.1. The van der Waals surface area contributed by atoms with Crippen molar-refractivity contribution in [2.24, 2.45) is 10.9 Å². The molecule has 0 radical (unpaired) electrons. The van der Waals surface area contributed by atoms with Crippen molar-refractivity contribution in [3.63, 3.8) is 0 Å². The molecule has 1 N–H and O–H groups in total. The average molecular weight is 276 g/mol. The molecule has 0 aromatic carbocycles. The Morgan fingerprint density at radius 1 is 1.55 bits per heavy atom. The summed E-state index contributed by atoms with van der Waals surface area (Å²) in [5, 5.41) is 7.27. The highest BCUT2D eigenvalue weighted by atomic mass is 16.5. The number of allylic oxidation sites excluding steroid dienone is 2. The van der Waals surface area contributed by atoms with Crippen molar-refractivity contribution in [1.82, 2.24) is 15.4 Å². The Labute approximate surface area is 120 Å². The van der Waals surface area contributed by atoms with Crippen molar-refractivity contribution in [2.45, 2.75) is 32.7 Å². The van der Waals surface area contributed by atoms with E-state index < -0.39 is 0 Å². The first-order valence-corrected chi connectivity index (χ1v) is 7.33. The molecule has 1 aliphatic carbocycles. The average Bonchev–Trinajstić information content (AvgIpc) is 2.97. The summed E-state index contributed by atoms with van der Waals surface area (Å²) in [6.07, 6.45) is 9.72. The molecule has 110 valence electrons. The van der Waals surface area contributed by atoms with E-state index in [1.165, 1.54) is 12.8 Å². The Kier molecular flexibility index (Phi) is 5.65. The Morgan fingerprint density at radius 2 is 2.45 bits per heavy atom. The van der Waals surface area contributed by atoms with Crippen LogP contribution < -0.4 is 5.32 Å². The molecule has 1 heterocycles. The highest BCUT2D eigenvalue weighted by molar-refractivity contribution is 5.79. The third-order valence-corrected chi connectivity index (χ3v) is 3.46. The number of nitrogens with one attached hydrogen (secondary N) is 1. The van der Waals surface area contributed by atoms with Crippen LogP contribution in [0.1, 0.15) is 31.9 Å². The summed E-state index contributed by atoms with van der Waals surface area (Å²) in [5.74, 6) is 1.61. The van der Waals surface area contributed by atoms with Crippen molar-refractivity contribution < 1.29 is 4.52 Å². The smallest absolute Gasteiger partial charge is 0.194 e. The molecule has 1 aromatic heterocycles. The molecular formula is C15H24N4O. The van der Waals surface area contributed by atoms with E-state index in [4.69, 9.17) is 9.52 Å². The third kappa shape index (κ3) is 4.40. The van der Waals surface area contributed by atoms with Crippen molar-refractivity contribution in [2.75, 3.05) is 20.1 Å². The van der Waals surface area contributed by atoms with E-state index in [0.717, 1.165) is 31.2 Å². The van der Waals surface area contributed by atoms with Crippen molar-refractivity contribution in [3.8, 4) is 0 Å². The maximum atomic E-state index is 4.87. The highest BCUT2D eigenvalue weighted by Crippen LogP contribution is 2.18. The van der Waals surface area contributed by atoms with Crippen molar-refractivity contribution in [1.29, 1.82) is 0 Å². The number of aliphatic imine (C=N–C) groups is 1. The number of rotatable bonds is 5. The van der Waals surface area contributed by atoms with Gasteiger partial charge in [-0.15, -0.1) is 0 Å². The first kappa shape index (κ1) is 14.6. The van der Waals surface area contributed by atoms with Gasteiger partial charge in [0, 0.05) is 26.2 Å². The summed E-state index contributed by atoms with van der Waals surface area (Å²) in [5.41, 5.74) is 0.915. The summed E-state index contributed by atoms with van der Waals surface area (Å²) < 4.78 is 4.87. The predicted molar refractivity (Wildman–Crippen MR) is 80.4 cm³/mol. The Morgan fingerprint density at radius 3 is 3.10 bits per heavy atom. The van der Waals surface area contributed by atoms with Gasteiger partial charge in [0.2, 0.25) is 0 Å². The van der Waals surface area contributed by atoms with Gasteiger partial charge in [0.05, 0.1) is 6.54 Å². The molecule has 0 amide bonds. The Bertz CT molecular complexity index is 439. The number of hydrogen-bond donors (Lipinski definition) is 1. The lowest BCUT2D eigenvalue weighted by molar-refractivity contribution is 0.390. The Hall–Kier alpha value is -1.78. The van der Waals surface area contributed by atoms with Gasteiger partial charge in [0.1, 0.15) is 12.0 Å². The van der Waals surface area contributed by atoms with Gasteiger partial charge in [0.25, 0.3) is 0 Å². The minimum absolute atomic E-state index is 0.675. The summed E-state index contributed by atoms with van der Waals surface area (Å²) in [4.78, 5) is 6.84. The van der Waals surface area contributed by atoms with Crippen LogP contribution in [0.4, 0.5) is 0 Å². The van der Waals surface area contributed by atoms with Gasteiger partial charge in [-0.3, -0.25) is 4.99 Å². The Balaban J connectivity index is 1.92. The molecule has 0 fully saturated rings. The maximum absolute atomic E-state index is 4.87. The quantitative estimate of drug-likeness (QED) is 0.510. The van der Waals surface area contributed by atoms with Crippen molar-refractivity contribution >= 4 is 5.96 Å². The second-order valence-electron chi connectivity index (χ2n) is 5.19. The fraction of sp³-hybridized carbons (Fsp3) is 0.600. The standard InChI is InChI=1S/C15H24N4O/c1-3-16-15(17-11-13-7-5-4-6-8-13)19(2)12-14-9-10-20-18-14/h4-5,9-10,13H,3,6-8,11-12H2,1-2H3,(H,16,17). The summed E-state index contributed by atoms with van der Waals surface area (Å²) in [6, 6.07) is 1.88. The van der Waals surface area contributed by atoms with Crippen LogP contribution >= 0.6 is 0 Å². The summed E-state index contributed by atoms with van der Waals surface area (Å²) >= 11 is 0. The molecule has 1 unspecified atom stereocenters. The van der Waals surface area contributed by atoms with E-state index in [9.17, 15) is 0 Å². The SMILES string of the molecule is CCNC(=NCC1CC=CCC1)N(C)Cc1ccon1. The zero-order chi connectivity index (χ0) is 14.2. The molecule has 0 saturated heterocycles. The van der Waals surface area contributed by atoms with Crippen molar-refractivity contribution in [3.05, 3.63) is 30.2 Å². The van der Waals surface area contributed by atoms with E-state index >= 15 is 0 Å². The van der Waals surface area contributed by atoms with Gasteiger partial charge in [-0.2, -0.15) is 0 Å². The van der Waals surface area contributed by atoms with Gasteiger partial charge in [0.15, 0.2) is 5.96 Å². The monoisotopic (exact) mass is 276 g/mol. The predicted octanol–water partition coefficient (Wildman–Crippen LogP) is 2.43. The van der Waals surface area contributed by atoms with Gasteiger partial charge >= 0.3 is 0 Å². The largest absolute Gasteiger partial charge is 0.364 e. The second-order valence-corrected chi connectivity index (χ2v) is 5.19. The molecule has 0 spiro atoms. The maximum Gasteiger partial charge on any atom is 0.194 e. The molecule has 2 rings (SSSR count). The van der Waals surface area contributed by atoms with E-state index in [2.05, 4.69) is 34.4 Å². The first-order valence-electron chi connectivity index (χ1n) is 7.33. The molecule has 0 aliphatic heterocycles. The fourth-order valence-electron chi connectivity index (χ4n) is 2.34. The van der Waals surface area contributed by atoms with E-state index in [1.54, 1.807) is 6.26 Å². The number of hydrogen-bond acceptors (Lipinski definition) is 3. The van der Waals surface area contributed by atoms with Crippen LogP contribution in [0.2, 0.25) is 0 Å². The molecule has 1 aromatic rings. The molecule has 0 saturated carbocycles. The van der Waals surface area contributed by atoms with E-state index in [1.807, 2.05) is 13.1 Å². The van der Waals surface area contributed by atoms with Gasteiger partial charge in [-0.25, -0.2) is 0 Å². The zero-order valence-corrected chi connectivity index (χ0v) is 12.4. The highest BCUT2D eigenvalue weighted by Gasteiger charge is 2.12. The van der Waals surface area contributed by atoms with E-state index in [0.29, 0.717) is 12.5 Å².